The van der Waals surface area contributed by atoms with E-state index in [1.54, 1.807) is 0 Å². The summed E-state index contributed by atoms with van der Waals surface area (Å²) in [7, 11) is 0. The molecule has 0 fully saturated rings. The Bertz CT molecular complexity index is 1710. The summed E-state index contributed by atoms with van der Waals surface area (Å²) in [5.74, 6) is 0. The first kappa shape index (κ1) is 23.6. The fourth-order valence-electron chi connectivity index (χ4n) is 5.07. The number of aliphatic imine (C=N–C) groups is 2. The minimum Gasteiger partial charge on any atom is -0.265 e. The number of rotatable bonds is 4. The first-order valence-corrected chi connectivity index (χ1v) is 13.2. The van der Waals surface area contributed by atoms with Crippen LogP contribution < -0.4 is 0 Å². The Morgan fingerprint density at radius 2 is 0.625 bits per heavy atom. The normalized spacial score (nSPS) is 14.9. The van der Waals surface area contributed by atoms with Gasteiger partial charge in [-0.2, -0.15) is 0 Å². The number of benzene rings is 4. The van der Waals surface area contributed by atoms with Crippen molar-refractivity contribution in [3.05, 3.63) is 168 Å². The highest BCUT2D eigenvalue weighted by atomic mass is 14.8. The van der Waals surface area contributed by atoms with Gasteiger partial charge in [0, 0.05) is 47.0 Å². The van der Waals surface area contributed by atoms with E-state index in [1.165, 1.54) is 0 Å². The standard InChI is InChI=1S/C36H24N4/c1-3-7-33-31(5-1)35(29-13-9-25(10-14-29)27-17-21-37-22-18-27)40-34-8-4-2-6-32(34)36(39-33)30-15-11-26(12-16-30)28-19-23-38-24-20-28/h1-24H/b35-31?,36-32?,39-33?,39-36-,40-34?,40-35-. The topological polar surface area (TPSA) is 50.5 Å². The molecule has 188 valence electrons. The largest absolute Gasteiger partial charge is 0.265 e. The molecule has 0 saturated heterocycles. The van der Waals surface area contributed by atoms with Gasteiger partial charge in [-0.15, -0.1) is 0 Å². The molecular formula is C36H24N4. The highest BCUT2D eigenvalue weighted by Crippen LogP contribution is 2.34. The number of fused-ring (bicyclic) bond motifs is 2. The van der Waals surface area contributed by atoms with Crippen molar-refractivity contribution < 1.29 is 0 Å². The molecule has 4 heteroatoms. The molecule has 3 heterocycles. The second kappa shape index (κ2) is 10.4. The van der Waals surface area contributed by atoms with Crippen molar-refractivity contribution in [2.75, 3.05) is 0 Å². The SMILES string of the molecule is c1ccc2c(c1)/N=C(/c1ccc(-c3ccncc3)cc1)c1ccccc1/N=C\2c1ccc(-c2ccncc2)cc1. The molecular weight excluding hydrogens is 488 g/mol. The van der Waals surface area contributed by atoms with Crippen molar-refractivity contribution in [1.82, 2.24) is 9.97 Å². The van der Waals surface area contributed by atoms with E-state index >= 15 is 0 Å². The molecule has 0 bridgehead atoms. The Morgan fingerprint density at radius 1 is 0.300 bits per heavy atom. The first-order chi connectivity index (χ1) is 19.8. The van der Waals surface area contributed by atoms with Crippen LogP contribution >= 0.6 is 0 Å². The molecule has 7 rings (SSSR count). The van der Waals surface area contributed by atoms with Gasteiger partial charge in [0.25, 0.3) is 0 Å². The van der Waals surface area contributed by atoms with Gasteiger partial charge in [0.1, 0.15) is 0 Å². The number of pyridine rings is 2. The number of para-hydroxylation sites is 2. The van der Waals surface area contributed by atoms with Crippen LogP contribution in [0.2, 0.25) is 0 Å². The minimum atomic E-state index is 0.891. The molecule has 4 aromatic carbocycles. The molecule has 0 radical (unpaired) electrons. The van der Waals surface area contributed by atoms with Gasteiger partial charge < -0.3 is 0 Å². The second-order valence-electron chi connectivity index (χ2n) is 9.58. The van der Waals surface area contributed by atoms with Gasteiger partial charge >= 0.3 is 0 Å². The smallest absolute Gasteiger partial charge is 0.0803 e. The third-order valence-electron chi connectivity index (χ3n) is 7.13. The zero-order chi connectivity index (χ0) is 26.7. The fraction of sp³-hybridized carbons (Fsp3) is 0. The van der Waals surface area contributed by atoms with E-state index in [4.69, 9.17) is 9.98 Å². The van der Waals surface area contributed by atoms with Crippen LogP contribution in [0.5, 0.6) is 0 Å². The highest BCUT2D eigenvalue weighted by molar-refractivity contribution is 6.22. The van der Waals surface area contributed by atoms with Crippen molar-refractivity contribution in [3.63, 3.8) is 0 Å². The number of hydrogen-bond donors (Lipinski definition) is 0. The average molecular weight is 513 g/mol. The lowest BCUT2D eigenvalue weighted by Gasteiger charge is -2.18. The van der Waals surface area contributed by atoms with Crippen LogP contribution in [0.1, 0.15) is 22.3 Å². The maximum absolute atomic E-state index is 5.27. The summed E-state index contributed by atoms with van der Waals surface area (Å²) in [6.45, 7) is 0. The van der Waals surface area contributed by atoms with Crippen LogP contribution in [-0.2, 0) is 0 Å². The summed E-state index contributed by atoms with van der Waals surface area (Å²) in [6, 6.07) is 41.7. The van der Waals surface area contributed by atoms with Gasteiger partial charge in [-0.05, 0) is 58.7 Å². The number of hydrogen-bond acceptors (Lipinski definition) is 4. The highest BCUT2D eigenvalue weighted by Gasteiger charge is 2.20. The minimum absolute atomic E-state index is 0.891. The molecule has 0 amide bonds. The Kier molecular flexibility index (Phi) is 6.11. The summed E-state index contributed by atoms with van der Waals surface area (Å²) < 4.78 is 0. The van der Waals surface area contributed by atoms with Crippen LogP contribution in [0.4, 0.5) is 11.4 Å². The van der Waals surface area contributed by atoms with Gasteiger partial charge in [0.2, 0.25) is 0 Å². The molecule has 1 aliphatic rings. The van der Waals surface area contributed by atoms with Crippen LogP contribution in [-0.4, -0.2) is 21.4 Å². The van der Waals surface area contributed by atoms with Crippen LogP contribution in [0.25, 0.3) is 22.3 Å². The van der Waals surface area contributed by atoms with Crippen molar-refractivity contribution in [1.29, 1.82) is 0 Å². The quantitative estimate of drug-likeness (QED) is 0.237. The van der Waals surface area contributed by atoms with E-state index < -0.39 is 0 Å². The zero-order valence-electron chi connectivity index (χ0n) is 21.6. The van der Waals surface area contributed by atoms with Crippen LogP contribution in [0.3, 0.4) is 0 Å². The molecule has 0 N–H and O–H groups in total. The molecule has 1 aliphatic heterocycles. The molecule has 0 aliphatic carbocycles. The molecule has 0 saturated carbocycles. The molecule has 4 nitrogen and oxygen atoms in total. The second-order valence-corrected chi connectivity index (χ2v) is 9.58. The van der Waals surface area contributed by atoms with E-state index in [0.717, 1.165) is 67.3 Å². The lowest BCUT2D eigenvalue weighted by Crippen LogP contribution is -2.10. The van der Waals surface area contributed by atoms with Crippen LogP contribution in [0.15, 0.2) is 156 Å². The summed E-state index contributed by atoms with van der Waals surface area (Å²) >= 11 is 0. The fourth-order valence-corrected chi connectivity index (χ4v) is 5.07. The Balaban J connectivity index is 1.34. The van der Waals surface area contributed by atoms with E-state index in [1.807, 2.05) is 73.3 Å². The molecule has 40 heavy (non-hydrogen) atoms. The van der Waals surface area contributed by atoms with Crippen molar-refractivity contribution in [2.24, 2.45) is 9.98 Å². The summed E-state index contributed by atoms with van der Waals surface area (Å²) in [4.78, 5) is 18.8. The summed E-state index contributed by atoms with van der Waals surface area (Å²) in [5.41, 5.74) is 12.2. The maximum atomic E-state index is 5.27. The molecule has 0 unspecified atom stereocenters. The van der Waals surface area contributed by atoms with E-state index in [-0.39, 0.29) is 0 Å². The van der Waals surface area contributed by atoms with Crippen LogP contribution in [0, 0.1) is 0 Å². The Hall–Kier alpha value is -5.48. The van der Waals surface area contributed by atoms with E-state index in [0.29, 0.717) is 0 Å². The van der Waals surface area contributed by atoms with Gasteiger partial charge in [-0.1, -0.05) is 84.9 Å². The van der Waals surface area contributed by atoms with E-state index in [2.05, 4.69) is 82.8 Å². The van der Waals surface area contributed by atoms with Crippen molar-refractivity contribution >= 4 is 22.8 Å². The molecule has 6 aromatic rings. The molecule has 0 spiro atoms. The van der Waals surface area contributed by atoms with Gasteiger partial charge in [-0.25, -0.2) is 9.98 Å². The van der Waals surface area contributed by atoms with Gasteiger partial charge in [-0.3, -0.25) is 9.97 Å². The Labute approximate surface area is 233 Å². The first-order valence-electron chi connectivity index (χ1n) is 13.2. The lowest BCUT2D eigenvalue weighted by atomic mass is 9.94. The third-order valence-corrected chi connectivity index (χ3v) is 7.13. The average Bonchev–Trinajstić information content (AvgIpc) is 3.03. The third kappa shape index (κ3) is 4.52. The predicted octanol–water partition coefficient (Wildman–Crippen LogP) is 8.46. The Morgan fingerprint density at radius 3 is 1.02 bits per heavy atom. The van der Waals surface area contributed by atoms with Gasteiger partial charge in [0.05, 0.1) is 22.8 Å². The zero-order valence-corrected chi connectivity index (χ0v) is 21.6. The molecule has 2 aromatic heterocycles. The number of nitrogens with zero attached hydrogens (tertiary/aromatic N) is 4. The van der Waals surface area contributed by atoms with Crippen molar-refractivity contribution in [3.8, 4) is 22.3 Å². The molecule has 0 atom stereocenters. The lowest BCUT2D eigenvalue weighted by molar-refractivity contribution is 1.33. The monoisotopic (exact) mass is 512 g/mol. The maximum Gasteiger partial charge on any atom is 0.0803 e. The number of aromatic nitrogens is 2. The summed E-state index contributed by atoms with van der Waals surface area (Å²) in [5, 5.41) is 0. The van der Waals surface area contributed by atoms with E-state index in [9.17, 15) is 0 Å². The summed E-state index contributed by atoms with van der Waals surface area (Å²) in [6.07, 6.45) is 7.27. The van der Waals surface area contributed by atoms with Gasteiger partial charge in [0.15, 0.2) is 0 Å². The predicted molar refractivity (Wildman–Crippen MR) is 163 cm³/mol. The van der Waals surface area contributed by atoms with Crippen molar-refractivity contribution in [2.45, 2.75) is 0 Å².